The van der Waals surface area contributed by atoms with Crippen molar-refractivity contribution in [1.82, 2.24) is 10.3 Å². The number of amidine groups is 1. The number of halogens is 3. The fourth-order valence-electron chi connectivity index (χ4n) is 2.17. The highest BCUT2D eigenvalue weighted by atomic mass is 32.2. The van der Waals surface area contributed by atoms with Crippen LogP contribution in [-0.2, 0) is 6.18 Å². The highest BCUT2D eigenvalue weighted by molar-refractivity contribution is 8.14. The van der Waals surface area contributed by atoms with Crippen LogP contribution in [-0.4, -0.2) is 28.4 Å². The summed E-state index contributed by atoms with van der Waals surface area (Å²) in [7, 11) is 0. The third-order valence-corrected chi connectivity index (χ3v) is 4.20. The summed E-state index contributed by atoms with van der Waals surface area (Å²) < 4.78 is 38.5. The number of benzene rings is 1. The predicted molar refractivity (Wildman–Crippen MR) is 91.2 cm³/mol. The molecule has 0 fully saturated rings. The second kappa shape index (κ2) is 7.14. The first-order valence-corrected chi connectivity index (χ1v) is 8.30. The molecule has 1 aliphatic heterocycles. The molecule has 0 saturated heterocycles. The lowest BCUT2D eigenvalue weighted by Gasteiger charge is -2.13. The molecule has 1 amide bonds. The summed E-state index contributed by atoms with van der Waals surface area (Å²) in [6, 6.07) is 7.83. The Labute approximate surface area is 145 Å². The summed E-state index contributed by atoms with van der Waals surface area (Å²) in [6.45, 7) is 0.642. The van der Waals surface area contributed by atoms with Crippen molar-refractivity contribution in [3.05, 3.63) is 53.7 Å². The second-order valence-electron chi connectivity index (χ2n) is 5.09. The zero-order valence-electron chi connectivity index (χ0n) is 12.8. The normalized spacial score (nSPS) is 14.1. The number of rotatable bonds is 3. The number of pyridine rings is 1. The van der Waals surface area contributed by atoms with E-state index in [-0.39, 0.29) is 17.1 Å². The van der Waals surface area contributed by atoms with Crippen molar-refractivity contribution < 1.29 is 18.0 Å². The minimum absolute atomic E-state index is 0.169. The maximum atomic E-state index is 12.8. The van der Waals surface area contributed by atoms with E-state index in [4.69, 9.17) is 0 Å². The van der Waals surface area contributed by atoms with Crippen LogP contribution in [0.3, 0.4) is 0 Å². The van der Waals surface area contributed by atoms with Gasteiger partial charge in [-0.15, -0.1) is 0 Å². The zero-order chi connectivity index (χ0) is 17.9. The maximum absolute atomic E-state index is 12.8. The SMILES string of the molecule is O=C(NC1=NCCS1)c1cccnc1Nc1cccc(C(F)(F)F)c1. The van der Waals surface area contributed by atoms with Crippen LogP contribution in [0.5, 0.6) is 0 Å². The van der Waals surface area contributed by atoms with E-state index in [1.165, 1.54) is 30.1 Å². The van der Waals surface area contributed by atoms with E-state index in [0.29, 0.717) is 11.7 Å². The number of nitrogens with one attached hydrogen (secondary N) is 2. The second-order valence-corrected chi connectivity index (χ2v) is 6.18. The molecule has 9 heteroatoms. The molecule has 130 valence electrons. The van der Waals surface area contributed by atoms with Crippen LogP contribution >= 0.6 is 11.8 Å². The van der Waals surface area contributed by atoms with E-state index in [1.54, 1.807) is 12.1 Å². The van der Waals surface area contributed by atoms with Gasteiger partial charge in [-0.1, -0.05) is 17.8 Å². The number of aromatic nitrogens is 1. The van der Waals surface area contributed by atoms with Gasteiger partial charge in [-0.2, -0.15) is 13.2 Å². The van der Waals surface area contributed by atoms with Gasteiger partial charge in [0, 0.05) is 17.6 Å². The predicted octanol–water partition coefficient (Wildman–Crippen LogP) is 3.68. The molecule has 2 aromatic rings. The van der Waals surface area contributed by atoms with Crippen LogP contribution in [0, 0.1) is 0 Å². The molecule has 2 N–H and O–H groups in total. The minimum atomic E-state index is -4.44. The van der Waals surface area contributed by atoms with Gasteiger partial charge in [0.15, 0.2) is 5.17 Å². The number of hydrogen-bond donors (Lipinski definition) is 2. The molecule has 1 aromatic carbocycles. The smallest absolute Gasteiger partial charge is 0.340 e. The van der Waals surface area contributed by atoms with Gasteiger partial charge in [0.1, 0.15) is 5.82 Å². The number of nitrogens with zero attached hydrogens (tertiary/aromatic N) is 2. The van der Waals surface area contributed by atoms with Gasteiger partial charge in [0.25, 0.3) is 5.91 Å². The molecule has 0 saturated carbocycles. The van der Waals surface area contributed by atoms with Crippen molar-refractivity contribution in [2.75, 3.05) is 17.6 Å². The van der Waals surface area contributed by atoms with Crippen LogP contribution in [0.4, 0.5) is 24.7 Å². The minimum Gasteiger partial charge on any atom is -0.340 e. The van der Waals surface area contributed by atoms with Crippen molar-refractivity contribution in [3.8, 4) is 0 Å². The molecule has 3 rings (SSSR count). The number of thioether (sulfide) groups is 1. The van der Waals surface area contributed by atoms with Gasteiger partial charge in [-0.05, 0) is 30.3 Å². The monoisotopic (exact) mass is 366 g/mol. The van der Waals surface area contributed by atoms with Gasteiger partial charge in [0.05, 0.1) is 17.7 Å². The lowest BCUT2D eigenvalue weighted by atomic mass is 10.2. The van der Waals surface area contributed by atoms with E-state index in [2.05, 4.69) is 20.6 Å². The third-order valence-electron chi connectivity index (χ3n) is 3.31. The van der Waals surface area contributed by atoms with Crippen LogP contribution in [0.15, 0.2) is 47.6 Å². The van der Waals surface area contributed by atoms with E-state index < -0.39 is 17.6 Å². The van der Waals surface area contributed by atoms with E-state index in [1.807, 2.05) is 0 Å². The van der Waals surface area contributed by atoms with Crippen LogP contribution < -0.4 is 10.6 Å². The molecule has 0 unspecified atom stereocenters. The number of carbonyl (C=O) groups is 1. The quantitative estimate of drug-likeness (QED) is 0.870. The molecular formula is C16H13F3N4OS. The Balaban J connectivity index is 1.83. The number of aliphatic imine (C=N–C) groups is 1. The molecule has 5 nitrogen and oxygen atoms in total. The van der Waals surface area contributed by atoms with Gasteiger partial charge in [-0.3, -0.25) is 9.79 Å². The summed E-state index contributed by atoms with van der Waals surface area (Å²) in [6.07, 6.45) is -2.99. The van der Waals surface area contributed by atoms with Crippen molar-refractivity contribution >= 4 is 34.3 Å². The number of alkyl halides is 3. The van der Waals surface area contributed by atoms with Crippen molar-refractivity contribution in [3.63, 3.8) is 0 Å². The van der Waals surface area contributed by atoms with Crippen molar-refractivity contribution in [1.29, 1.82) is 0 Å². The molecule has 0 spiro atoms. The molecule has 0 radical (unpaired) electrons. The highest BCUT2D eigenvalue weighted by Gasteiger charge is 2.30. The van der Waals surface area contributed by atoms with Crippen LogP contribution in [0.2, 0.25) is 0 Å². The highest BCUT2D eigenvalue weighted by Crippen LogP contribution is 2.31. The standard InChI is InChI=1S/C16H13F3N4OS/c17-16(18,19)10-3-1-4-11(9-10)22-13-12(5-2-6-20-13)14(24)23-15-21-7-8-25-15/h1-6,9H,7-8H2,(H,20,22)(H,21,23,24). The zero-order valence-corrected chi connectivity index (χ0v) is 13.6. The topological polar surface area (TPSA) is 66.4 Å². The first-order valence-electron chi connectivity index (χ1n) is 7.31. The Morgan fingerprint density at radius 3 is 2.76 bits per heavy atom. The summed E-state index contributed by atoms with van der Waals surface area (Å²) >= 11 is 1.43. The molecule has 0 atom stereocenters. The molecule has 25 heavy (non-hydrogen) atoms. The van der Waals surface area contributed by atoms with Crippen molar-refractivity contribution in [2.45, 2.75) is 6.18 Å². The Morgan fingerprint density at radius 1 is 1.20 bits per heavy atom. The van der Waals surface area contributed by atoms with Crippen molar-refractivity contribution in [2.24, 2.45) is 4.99 Å². The lowest BCUT2D eigenvalue weighted by Crippen LogP contribution is -2.28. The van der Waals surface area contributed by atoms with Crippen LogP contribution in [0.1, 0.15) is 15.9 Å². The summed E-state index contributed by atoms with van der Waals surface area (Å²) in [5.74, 6) is 0.552. The van der Waals surface area contributed by atoms with Gasteiger partial charge < -0.3 is 10.6 Å². The number of amides is 1. The molecule has 2 heterocycles. The van der Waals surface area contributed by atoms with E-state index >= 15 is 0 Å². The number of anilines is 2. The number of carbonyl (C=O) groups excluding carboxylic acids is 1. The van der Waals surface area contributed by atoms with Gasteiger partial charge >= 0.3 is 6.18 Å². The molecule has 1 aromatic heterocycles. The largest absolute Gasteiger partial charge is 0.416 e. The first kappa shape index (κ1) is 17.3. The van der Waals surface area contributed by atoms with Crippen LogP contribution in [0.25, 0.3) is 0 Å². The average molecular weight is 366 g/mol. The average Bonchev–Trinajstić information content (AvgIpc) is 3.08. The van der Waals surface area contributed by atoms with E-state index in [0.717, 1.165) is 17.9 Å². The van der Waals surface area contributed by atoms with Gasteiger partial charge in [0.2, 0.25) is 0 Å². The summed E-state index contributed by atoms with van der Waals surface area (Å²) in [5.41, 5.74) is -0.374. The first-order chi connectivity index (χ1) is 11.9. The molecule has 1 aliphatic rings. The Hall–Kier alpha value is -2.55. The molecule has 0 bridgehead atoms. The third kappa shape index (κ3) is 4.30. The molecule has 0 aliphatic carbocycles. The summed E-state index contributed by atoms with van der Waals surface area (Å²) in [4.78, 5) is 20.6. The Bertz CT molecular complexity index is 823. The molecular weight excluding hydrogens is 353 g/mol. The summed E-state index contributed by atoms with van der Waals surface area (Å²) in [5, 5.41) is 5.97. The lowest BCUT2D eigenvalue weighted by molar-refractivity contribution is -0.137. The fourth-order valence-corrected chi connectivity index (χ4v) is 2.90. The maximum Gasteiger partial charge on any atom is 0.416 e. The Kier molecular flexibility index (Phi) is 4.93. The van der Waals surface area contributed by atoms with Gasteiger partial charge in [-0.25, -0.2) is 4.98 Å². The number of hydrogen-bond acceptors (Lipinski definition) is 5. The van der Waals surface area contributed by atoms with E-state index in [9.17, 15) is 18.0 Å². The Morgan fingerprint density at radius 2 is 2.04 bits per heavy atom. The fraction of sp³-hybridized carbons (Fsp3) is 0.188.